The Morgan fingerprint density at radius 3 is 2.94 bits per heavy atom. The smallest absolute Gasteiger partial charge is 0.127 e. The van der Waals surface area contributed by atoms with E-state index in [-0.39, 0.29) is 18.3 Å². The van der Waals surface area contributed by atoms with Crippen molar-refractivity contribution < 1.29 is 14.2 Å². The summed E-state index contributed by atoms with van der Waals surface area (Å²) in [6.45, 7) is 0.762. The molecule has 0 aromatic heterocycles. The molecule has 4 heteroatoms. The van der Waals surface area contributed by atoms with E-state index in [1.807, 2.05) is 0 Å². The molecule has 100 valence electrons. The average molecular weight is 273 g/mol. The lowest BCUT2D eigenvalue weighted by Crippen LogP contribution is -2.26. The van der Waals surface area contributed by atoms with Crippen molar-refractivity contribution in [2.45, 2.75) is 44.3 Å². The Balaban J connectivity index is 1.92. The van der Waals surface area contributed by atoms with Crippen LogP contribution in [0.5, 0.6) is 0 Å². The van der Waals surface area contributed by atoms with Crippen molar-refractivity contribution in [3.8, 4) is 0 Å². The minimum Gasteiger partial charge on any atom is -0.393 e. The molecule has 1 aliphatic rings. The fraction of sp³-hybridized carbons (Fsp3) is 0.571. The zero-order chi connectivity index (χ0) is 13.0. The molecule has 1 heterocycles. The molecule has 1 aliphatic heterocycles. The molecule has 1 aromatic rings. The highest BCUT2D eigenvalue weighted by atomic mass is 35.5. The number of hydrogen-bond donors (Lipinski definition) is 1. The summed E-state index contributed by atoms with van der Waals surface area (Å²) in [5.74, 6) is -0.355. The fourth-order valence-corrected chi connectivity index (χ4v) is 2.58. The van der Waals surface area contributed by atoms with Crippen molar-refractivity contribution >= 4 is 11.6 Å². The third-order valence-corrected chi connectivity index (χ3v) is 3.66. The Morgan fingerprint density at radius 1 is 1.44 bits per heavy atom. The van der Waals surface area contributed by atoms with Gasteiger partial charge in [-0.3, -0.25) is 0 Å². The van der Waals surface area contributed by atoms with E-state index in [2.05, 4.69) is 0 Å². The highest BCUT2D eigenvalue weighted by Crippen LogP contribution is 2.23. The third-order valence-electron chi connectivity index (χ3n) is 3.31. The first-order valence-electron chi connectivity index (χ1n) is 6.39. The van der Waals surface area contributed by atoms with Gasteiger partial charge >= 0.3 is 0 Å². The summed E-state index contributed by atoms with van der Waals surface area (Å²) in [7, 11) is 0. The minimum atomic E-state index is -0.609. The van der Waals surface area contributed by atoms with Crippen LogP contribution in [0, 0.1) is 5.82 Å². The summed E-state index contributed by atoms with van der Waals surface area (Å²) in [4.78, 5) is 0. The summed E-state index contributed by atoms with van der Waals surface area (Å²) in [5.41, 5.74) is 0.391. The molecule has 1 aromatic carbocycles. The van der Waals surface area contributed by atoms with Crippen molar-refractivity contribution in [1.29, 1.82) is 0 Å². The summed E-state index contributed by atoms with van der Waals surface area (Å²) in [6, 6.07) is 4.58. The lowest BCUT2D eigenvalue weighted by molar-refractivity contribution is -0.0149. The molecule has 2 nitrogen and oxygen atoms in total. The van der Waals surface area contributed by atoms with E-state index in [0.29, 0.717) is 17.0 Å². The van der Waals surface area contributed by atoms with Crippen LogP contribution in [0.3, 0.4) is 0 Å². The van der Waals surface area contributed by atoms with Gasteiger partial charge in [-0.25, -0.2) is 4.39 Å². The number of aliphatic hydroxyl groups is 1. The van der Waals surface area contributed by atoms with Gasteiger partial charge in [0.2, 0.25) is 0 Å². The van der Waals surface area contributed by atoms with E-state index in [1.165, 1.54) is 6.07 Å². The molecule has 1 fully saturated rings. The second-order valence-electron chi connectivity index (χ2n) is 4.78. The van der Waals surface area contributed by atoms with Crippen LogP contribution in [-0.2, 0) is 11.2 Å². The lowest BCUT2D eigenvalue weighted by atomic mass is 9.98. The standard InChI is InChI=1S/C14H18ClFO2/c15-13-5-3-6-14(16)12(13)9-10(17)8-11-4-1-2-7-18-11/h3,5-6,10-11,17H,1-2,4,7-9H2. The van der Waals surface area contributed by atoms with Crippen LogP contribution in [0.1, 0.15) is 31.2 Å². The molecular weight excluding hydrogens is 255 g/mol. The molecule has 0 bridgehead atoms. The summed E-state index contributed by atoms with van der Waals surface area (Å²) < 4.78 is 19.1. The van der Waals surface area contributed by atoms with Gasteiger partial charge in [-0.1, -0.05) is 17.7 Å². The molecule has 0 aliphatic carbocycles. The number of halogens is 2. The molecule has 0 saturated carbocycles. The summed E-state index contributed by atoms with van der Waals surface area (Å²) in [5, 5.41) is 10.4. The maximum atomic E-state index is 13.6. The van der Waals surface area contributed by atoms with Crippen LogP contribution >= 0.6 is 11.6 Å². The zero-order valence-corrected chi connectivity index (χ0v) is 11.0. The van der Waals surface area contributed by atoms with Crippen molar-refractivity contribution in [3.63, 3.8) is 0 Å². The second-order valence-corrected chi connectivity index (χ2v) is 5.19. The van der Waals surface area contributed by atoms with E-state index in [4.69, 9.17) is 16.3 Å². The van der Waals surface area contributed by atoms with Crippen LogP contribution in [0.2, 0.25) is 5.02 Å². The zero-order valence-electron chi connectivity index (χ0n) is 10.2. The Kier molecular flexibility index (Phi) is 4.98. The molecule has 2 unspecified atom stereocenters. The Morgan fingerprint density at radius 2 is 2.28 bits per heavy atom. The van der Waals surface area contributed by atoms with Gasteiger partial charge in [0, 0.05) is 23.6 Å². The molecule has 0 radical (unpaired) electrons. The highest BCUT2D eigenvalue weighted by molar-refractivity contribution is 6.31. The fourth-order valence-electron chi connectivity index (χ4n) is 2.34. The van der Waals surface area contributed by atoms with Crippen molar-refractivity contribution in [1.82, 2.24) is 0 Å². The average Bonchev–Trinajstić information content (AvgIpc) is 2.35. The molecular formula is C14H18ClFO2. The first kappa shape index (κ1) is 13.8. The van der Waals surface area contributed by atoms with Crippen LogP contribution in [-0.4, -0.2) is 23.9 Å². The first-order valence-corrected chi connectivity index (χ1v) is 6.77. The van der Waals surface area contributed by atoms with Gasteiger partial charge in [-0.2, -0.15) is 0 Å². The van der Waals surface area contributed by atoms with Gasteiger partial charge in [0.1, 0.15) is 5.82 Å². The van der Waals surface area contributed by atoms with E-state index >= 15 is 0 Å². The van der Waals surface area contributed by atoms with Gasteiger partial charge in [-0.05, 0) is 37.8 Å². The highest BCUT2D eigenvalue weighted by Gasteiger charge is 2.20. The van der Waals surface area contributed by atoms with Gasteiger partial charge in [0.05, 0.1) is 12.2 Å². The number of hydrogen-bond acceptors (Lipinski definition) is 2. The first-order chi connectivity index (χ1) is 8.66. The summed E-state index contributed by atoms with van der Waals surface area (Å²) in [6.07, 6.45) is 3.48. The normalized spacial score (nSPS) is 21.8. The predicted molar refractivity (Wildman–Crippen MR) is 69.3 cm³/mol. The number of rotatable bonds is 4. The van der Waals surface area contributed by atoms with E-state index in [0.717, 1.165) is 25.9 Å². The topological polar surface area (TPSA) is 29.5 Å². The third kappa shape index (κ3) is 3.67. The number of aliphatic hydroxyl groups excluding tert-OH is 1. The maximum absolute atomic E-state index is 13.6. The lowest BCUT2D eigenvalue weighted by Gasteiger charge is -2.25. The largest absolute Gasteiger partial charge is 0.393 e. The predicted octanol–water partition coefficient (Wildman–Crippen LogP) is 3.34. The Hall–Kier alpha value is -0.640. The van der Waals surface area contributed by atoms with Crippen molar-refractivity contribution in [2.24, 2.45) is 0 Å². The van der Waals surface area contributed by atoms with E-state index < -0.39 is 6.10 Å². The number of benzene rings is 1. The molecule has 18 heavy (non-hydrogen) atoms. The van der Waals surface area contributed by atoms with Gasteiger partial charge in [-0.15, -0.1) is 0 Å². The molecule has 1 saturated heterocycles. The van der Waals surface area contributed by atoms with Gasteiger partial charge in [0.15, 0.2) is 0 Å². The monoisotopic (exact) mass is 272 g/mol. The Labute approximate surface area is 112 Å². The van der Waals surface area contributed by atoms with Crippen LogP contribution < -0.4 is 0 Å². The molecule has 2 rings (SSSR count). The van der Waals surface area contributed by atoms with E-state index in [9.17, 15) is 9.50 Å². The minimum absolute atomic E-state index is 0.0966. The van der Waals surface area contributed by atoms with Gasteiger partial charge in [0.25, 0.3) is 0 Å². The summed E-state index contributed by atoms with van der Waals surface area (Å²) >= 11 is 5.93. The molecule has 0 amide bonds. The van der Waals surface area contributed by atoms with Crippen LogP contribution in [0.15, 0.2) is 18.2 Å². The Bertz CT molecular complexity index is 371. The van der Waals surface area contributed by atoms with Crippen molar-refractivity contribution in [3.05, 3.63) is 34.6 Å². The molecule has 2 atom stereocenters. The molecule has 1 N–H and O–H groups in total. The van der Waals surface area contributed by atoms with Crippen molar-refractivity contribution in [2.75, 3.05) is 6.61 Å². The SMILES string of the molecule is OC(Cc1c(F)cccc1Cl)CC1CCCCO1. The number of ether oxygens (including phenoxy) is 1. The van der Waals surface area contributed by atoms with Crippen LogP contribution in [0.4, 0.5) is 4.39 Å². The van der Waals surface area contributed by atoms with Crippen LogP contribution in [0.25, 0.3) is 0 Å². The second kappa shape index (κ2) is 6.50. The maximum Gasteiger partial charge on any atom is 0.127 e. The van der Waals surface area contributed by atoms with E-state index in [1.54, 1.807) is 12.1 Å². The molecule has 0 spiro atoms. The quantitative estimate of drug-likeness (QED) is 0.911. The van der Waals surface area contributed by atoms with Gasteiger partial charge < -0.3 is 9.84 Å².